The monoisotopic (exact) mass is 256 g/mol. The second kappa shape index (κ2) is 5.51. The first-order valence-electron chi connectivity index (χ1n) is 5.75. The summed E-state index contributed by atoms with van der Waals surface area (Å²) in [6.07, 6.45) is 1.79. The Labute approximate surface area is 103 Å². The largest absolute Gasteiger partial charge is 0.398 e. The Morgan fingerprint density at radius 2 is 1.94 bits per heavy atom. The van der Waals surface area contributed by atoms with Crippen LogP contribution in [0.1, 0.15) is 30.9 Å². The Kier molecular flexibility index (Phi) is 4.54. The molecular formula is C12H20N2O2S. The molecule has 0 atom stereocenters. The van der Waals surface area contributed by atoms with Gasteiger partial charge < -0.3 is 5.73 Å². The minimum Gasteiger partial charge on any atom is -0.398 e. The number of sulfonamides is 1. The van der Waals surface area contributed by atoms with Gasteiger partial charge in [-0.05, 0) is 37.5 Å². The van der Waals surface area contributed by atoms with Crippen molar-refractivity contribution >= 4 is 15.7 Å². The van der Waals surface area contributed by atoms with E-state index in [1.54, 1.807) is 26.0 Å². The number of unbranched alkanes of at least 4 members (excludes halogenated alkanes) is 1. The van der Waals surface area contributed by atoms with Crippen molar-refractivity contribution in [2.45, 2.75) is 38.5 Å². The second-order valence-corrected chi connectivity index (χ2v) is 5.88. The molecule has 17 heavy (non-hydrogen) atoms. The summed E-state index contributed by atoms with van der Waals surface area (Å²) in [4.78, 5) is 0.314. The summed E-state index contributed by atoms with van der Waals surface area (Å²) in [6.45, 7) is 6.00. The maximum atomic E-state index is 12.1. The van der Waals surface area contributed by atoms with Crippen LogP contribution in [0.15, 0.2) is 17.0 Å². The van der Waals surface area contributed by atoms with Gasteiger partial charge in [0.15, 0.2) is 0 Å². The van der Waals surface area contributed by atoms with Crippen LogP contribution >= 0.6 is 0 Å². The lowest BCUT2D eigenvalue weighted by atomic mass is 10.1. The van der Waals surface area contributed by atoms with Crippen LogP contribution < -0.4 is 10.5 Å². The van der Waals surface area contributed by atoms with Crippen LogP contribution in [0.4, 0.5) is 5.69 Å². The van der Waals surface area contributed by atoms with Crippen LogP contribution in [0.2, 0.25) is 0 Å². The van der Waals surface area contributed by atoms with Crippen LogP contribution in [0, 0.1) is 13.8 Å². The molecule has 0 saturated heterocycles. The highest BCUT2D eigenvalue weighted by Gasteiger charge is 2.19. The van der Waals surface area contributed by atoms with Gasteiger partial charge in [-0.1, -0.05) is 19.4 Å². The van der Waals surface area contributed by atoms with Crippen molar-refractivity contribution in [2.75, 3.05) is 12.3 Å². The Bertz CT molecular complexity index is 495. The molecule has 0 spiro atoms. The Balaban J connectivity index is 3.11. The van der Waals surface area contributed by atoms with E-state index in [0.717, 1.165) is 18.4 Å². The molecular weight excluding hydrogens is 236 g/mol. The molecule has 1 aromatic rings. The van der Waals surface area contributed by atoms with E-state index in [1.165, 1.54) is 0 Å². The standard InChI is InChI=1S/C12H20N2O2S/c1-4-5-8-14-17(15,16)12-9(2)6-7-11(13)10(12)3/h6-7,14H,4-5,8,13H2,1-3H3. The molecule has 0 radical (unpaired) electrons. The molecule has 1 aromatic carbocycles. The fourth-order valence-electron chi connectivity index (χ4n) is 1.71. The van der Waals surface area contributed by atoms with Crippen molar-refractivity contribution in [1.29, 1.82) is 0 Å². The van der Waals surface area contributed by atoms with Gasteiger partial charge in [-0.15, -0.1) is 0 Å². The summed E-state index contributed by atoms with van der Waals surface area (Å²) in [6, 6.07) is 3.46. The molecule has 96 valence electrons. The van der Waals surface area contributed by atoms with Crippen molar-refractivity contribution in [3.05, 3.63) is 23.3 Å². The number of hydrogen-bond acceptors (Lipinski definition) is 3. The highest BCUT2D eigenvalue weighted by atomic mass is 32.2. The van der Waals surface area contributed by atoms with Crippen molar-refractivity contribution in [3.8, 4) is 0 Å². The van der Waals surface area contributed by atoms with Gasteiger partial charge in [0.1, 0.15) is 0 Å². The summed E-state index contributed by atoms with van der Waals surface area (Å²) in [5, 5.41) is 0. The van der Waals surface area contributed by atoms with Gasteiger partial charge >= 0.3 is 0 Å². The molecule has 4 nitrogen and oxygen atoms in total. The first-order valence-corrected chi connectivity index (χ1v) is 7.23. The Morgan fingerprint density at radius 3 is 2.53 bits per heavy atom. The number of rotatable bonds is 5. The highest BCUT2D eigenvalue weighted by Crippen LogP contribution is 2.24. The third-order valence-electron chi connectivity index (χ3n) is 2.74. The van der Waals surface area contributed by atoms with Crippen LogP contribution in [0.3, 0.4) is 0 Å². The molecule has 5 heteroatoms. The molecule has 3 N–H and O–H groups in total. The predicted molar refractivity (Wildman–Crippen MR) is 70.4 cm³/mol. The molecule has 0 bridgehead atoms. The lowest BCUT2D eigenvalue weighted by Gasteiger charge is -2.13. The summed E-state index contributed by atoms with van der Waals surface area (Å²) in [5.41, 5.74) is 7.60. The van der Waals surface area contributed by atoms with E-state index in [0.29, 0.717) is 22.7 Å². The van der Waals surface area contributed by atoms with Crippen molar-refractivity contribution in [2.24, 2.45) is 0 Å². The number of aryl methyl sites for hydroxylation is 1. The first kappa shape index (κ1) is 14.0. The topological polar surface area (TPSA) is 72.2 Å². The Morgan fingerprint density at radius 1 is 1.29 bits per heavy atom. The SMILES string of the molecule is CCCCNS(=O)(=O)c1c(C)ccc(N)c1C. The molecule has 0 fully saturated rings. The third kappa shape index (κ3) is 3.20. The molecule has 0 aliphatic heterocycles. The number of nitrogens with one attached hydrogen (secondary N) is 1. The molecule has 0 amide bonds. The normalized spacial score (nSPS) is 11.7. The lowest BCUT2D eigenvalue weighted by molar-refractivity contribution is 0.577. The maximum absolute atomic E-state index is 12.1. The van der Waals surface area contributed by atoms with E-state index in [-0.39, 0.29) is 0 Å². The summed E-state index contributed by atoms with van der Waals surface area (Å²) >= 11 is 0. The molecule has 0 aliphatic carbocycles. The second-order valence-electron chi connectivity index (χ2n) is 4.18. The number of hydrogen-bond donors (Lipinski definition) is 2. The van der Waals surface area contributed by atoms with Gasteiger partial charge in [-0.25, -0.2) is 13.1 Å². The number of anilines is 1. The lowest BCUT2D eigenvalue weighted by Crippen LogP contribution is -2.26. The molecule has 0 unspecified atom stereocenters. The highest BCUT2D eigenvalue weighted by molar-refractivity contribution is 7.89. The van der Waals surface area contributed by atoms with E-state index < -0.39 is 10.0 Å². The van der Waals surface area contributed by atoms with Crippen LogP contribution in [-0.4, -0.2) is 15.0 Å². The average Bonchev–Trinajstić information content (AvgIpc) is 2.24. The zero-order valence-corrected chi connectivity index (χ0v) is 11.4. The first-order chi connectivity index (χ1) is 7.90. The molecule has 1 rings (SSSR count). The van der Waals surface area contributed by atoms with E-state index >= 15 is 0 Å². The quantitative estimate of drug-likeness (QED) is 0.625. The van der Waals surface area contributed by atoms with E-state index in [2.05, 4.69) is 4.72 Å². The number of benzene rings is 1. The summed E-state index contributed by atoms with van der Waals surface area (Å²) in [5.74, 6) is 0. The van der Waals surface area contributed by atoms with Gasteiger partial charge in [-0.2, -0.15) is 0 Å². The van der Waals surface area contributed by atoms with E-state index in [9.17, 15) is 8.42 Å². The average molecular weight is 256 g/mol. The van der Waals surface area contributed by atoms with Gasteiger partial charge in [0.2, 0.25) is 10.0 Å². The van der Waals surface area contributed by atoms with Crippen LogP contribution in [-0.2, 0) is 10.0 Å². The van der Waals surface area contributed by atoms with Crippen LogP contribution in [0.5, 0.6) is 0 Å². The van der Waals surface area contributed by atoms with Gasteiger partial charge in [0, 0.05) is 12.2 Å². The van der Waals surface area contributed by atoms with Gasteiger partial charge in [-0.3, -0.25) is 0 Å². The molecule has 0 heterocycles. The predicted octanol–water partition coefficient (Wildman–Crippen LogP) is 1.96. The fourth-order valence-corrected chi connectivity index (χ4v) is 3.28. The maximum Gasteiger partial charge on any atom is 0.241 e. The minimum atomic E-state index is -3.45. The molecule has 0 aromatic heterocycles. The third-order valence-corrected chi connectivity index (χ3v) is 4.49. The van der Waals surface area contributed by atoms with Crippen molar-refractivity contribution < 1.29 is 8.42 Å². The summed E-state index contributed by atoms with van der Waals surface area (Å²) in [7, 11) is -3.45. The van der Waals surface area contributed by atoms with E-state index in [4.69, 9.17) is 5.73 Å². The van der Waals surface area contributed by atoms with Crippen LogP contribution in [0.25, 0.3) is 0 Å². The molecule has 0 aliphatic rings. The van der Waals surface area contributed by atoms with Crippen molar-refractivity contribution in [1.82, 2.24) is 4.72 Å². The summed E-state index contributed by atoms with van der Waals surface area (Å²) < 4.78 is 26.9. The number of nitrogen functional groups attached to an aromatic ring is 1. The smallest absolute Gasteiger partial charge is 0.241 e. The van der Waals surface area contributed by atoms with Gasteiger partial charge in [0.25, 0.3) is 0 Å². The van der Waals surface area contributed by atoms with E-state index in [1.807, 2.05) is 6.92 Å². The zero-order chi connectivity index (χ0) is 13.1. The van der Waals surface area contributed by atoms with Crippen molar-refractivity contribution in [3.63, 3.8) is 0 Å². The fraction of sp³-hybridized carbons (Fsp3) is 0.500. The minimum absolute atomic E-state index is 0.314. The molecule has 0 saturated carbocycles. The number of nitrogens with two attached hydrogens (primary N) is 1. The van der Waals surface area contributed by atoms with Gasteiger partial charge in [0.05, 0.1) is 4.90 Å². The Hall–Kier alpha value is -1.07. The zero-order valence-electron chi connectivity index (χ0n) is 10.6.